The first-order valence-electron chi connectivity index (χ1n) is 4.52. The summed E-state index contributed by atoms with van der Waals surface area (Å²) in [6, 6.07) is 0. The molecule has 0 aromatic rings. The molecular weight excluding hydrogens is 232 g/mol. The molecule has 0 aliphatic carbocycles. The molecule has 90 valence electrons. The predicted molar refractivity (Wildman–Crippen MR) is 60.1 cm³/mol. The van der Waals surface area contributed by atoms with E-state index in [1.807, 2.05) is 0 Å². The van der Waals surface area contributed by atoms with E-state index in [1.165, 1.54) is 12.2 Å². The fourth-order valence-electron chi connectivity index (χ4n) is 1.07. The molecule has 0 unspecified atom stereocenters. The van der Waals surface area contributed by atoms with Crippen molar-refractivity contribution in [2.75, 3.05) is 6.61 Å². The number of aliphatic hydroxyl groups excluding tert-OH is 1. The van der Waals surface area contributed by atoms with Gasteiger partial charge in [-0.3, -0.25) is 0 Å². The maximum Gasteiger partial charge on any atom is 0.350 e. The van der Waals surface area contributed by atoms with Gasteiger partial charge in [0.25, 0.3) is 0 Å². The monoisotopic (exact) mass is 246 g/mol. The van der Waals surface area contributed by atoms with E-state index >= 15 is 0 Å². The second kappa shape index (κ2) is 7.84. The van der Waals surface area contributed by atoms with Gasteiger partial charge in [0.05, 0.1) is 0 Å². The maximum atomic E-state index is 11.4. The first kappa shape index (κ1) is 14.6. The van der Waals surface area contributed by atoms with Crippen molar-refractivity contribution in [1.82, 2.24) is 0 Å². The first-order chi connectivity index (χ1) is 7.56. The lowest BCUT2D eigenvalue weighted by atomic mass is 10.0. The molecule has 16 heavy (non-hydrogen) atoms. The average Bonchev–Trinajstić information content (AvgIpc) is 2.23. The van der Waals surface area contributed by atoms with Crippen LogP contribution in [0.5, 0.6) is 0 Å². The number of thiol groups is 1. The Labute approximate surface area is 95.9 Å². The summed E-state index contributed by atoms with van der Waals surface area (Å²) in [6.45, 7) is 6.83. The summed E-state index contributed by atoms with van der Waals surface area (Å²) in [6.07, 6.45) is 3.27. The van der Waals surface area contributed by atoms with Gasteiger partial charge < -0.3 is 9.29 Å². The van der Waals surface area contributed by atoms with Gasteiger partial charge in [-0.05, 0) is 18.4 Å². The molecule has 0 saturated heterocycles. The molecule has 0 rings (SSSR count). The van der Waals surface area contributed by atoms with Gasteiger partial charge in [0.2, 0.25) is 0 Å². The van der Waals surface area contributed by atoms with Crippen LogP contribution in [0, 0.1) is 0 Å². The SMILES string of the molecule is C=CC(C=C)=C(CCCO)C(=O)O[SH](=O)=O. The van der Waals surface area contributed by atoms with Crippen molar-refractivity contribution >= 4 is 17.0 Å². The third-order valence-electron chi connectivity index (χ3n) is 1.78. The number of aliphatic hydroxyl groups is 1. The number of hydrogen-bond donors (Lipinski definition) is 2. The maximum absolute atomic E-state index is 11.4. The van der Waals surface area contributed by atoms with Crippen LogP contribution >= 0.6 is 0 Å². The van der Waals surface area contributed by atoms with Gasteiger partial charge in [-0.25, -0.2) is 4.79 Å². The second-order valence-corrected chi connectivity index (χ2v) is 3.40. The molecule has 5 nitrogen and oxygen atoms in total. The minimum Gasteiger partial charge on any atom is -0.396 e. The molecule has 0 aliphatic heterocycles. The lowest BCUT2D eigenvalue weighted by Crippen LogP contribution is -2.09. The molecule has 6 heteroatoms. The largest absolute Gasteiger partial charge is 0.396 e. The molecule has 0 spiro atoms. The van der Waals surface area contributed by atoms with Crippen molar-refractivity contribution in [2.24, 2.45) is 0 Å². The number of hydrogen-bond acceptors (Lipinski definition) is 5. The number of carbonyl (C=O) groups excluding carboxylic acids is 1. The lowest BCUT2D eigenvalue weighted by molar-refractivity contribution is -0.129. The highest BCUT2D eigenvalue weighted by Gasteiger charge is 2.14. The number of carbonyl (C=O) groups is 1. The van der Waals surface area contributed by atoms with E-state index < -0.39 is 17.0 Å². The fourth-order valence-corrected chi connectivity index (χ4v) is 1.32. The molecule has 0 fully saturated rings. The molecule has 0 atom stereocenters. The predicted octanol–water partition coefficient (Wildman–Crippen LogP) is 0.497. The van der Waals surface area contributed by atoms with Gasteiger partial charge in [-0.1, -0.05) is 25.3 Å². The van der Waals surface area contributed by atoms with Crippen LogP contribution in [0.25, 0.3) is 0 Å². The zero-order valence-electron chi connectivity index (χ0n) is 8.72. The van der Waals surface area contributed by atoms with Crippen LogP contribution in [0.1, 0.15) is 12.8 Å². The van der Waals surface area contributed by atoms with Crippen molar-refractivity contribution < 1.29 is 22.5 Å². The van der Waals surface area contributed by atoms with Gasteiger partial charge in [-0.15, -0.1) is 0 Å². The third kappa shape index (κ3) is 4.90. The van der Waals surface area contributed by atoms with E-state index in [0.29, 0.717) is 12.0 Å². The molecule has 0 saturated carbocycles. The Morgan fingerprint density at radius 3 is 2.25 bits per heavy atom. The Morgan fingerprint density at radius 1 is 1.31 bits per heavy atom. The second-order valence-electron chi connectivity index (χ2n) is 2.77. The molecule has 0 aromatic carbocycles. The van der Waals surface area contributed by atoms with Crippen molar-refractivity contribution in [3.8, 4) is 0 Å². The molecule has 1 N–H and O–H groups in total. The average molecular weight is 246 g/mol. The highest BCUT2D eigenvalue weighted by molar-refractivity contribution is 7.67. The van der Waals surface area contributed by atoms with Crippen molar-refractivity contribution in [3.63, 3.8) is 0 Å². The Kier molecular flexibility index (Phi) is 7.15. The molecule has 0 amide bonds. The van der Waals surface area contributed by atoms with Crippen LogP contribution < -0.4 is 0 Å². The topological polar surface area (TPSA) is 80.7 Å². The number of rotatable bonds is 7. The summed E-state index contributed by atoms with van der Waals surface area (Å²) in [5, 5.41) is 8.66. The Bertz CT molecular complexity index is 361. The smallest absolute Gasteiger partial charge is 0.350 e. The molecule has 0 aromatic heterocycles. The van der Waals surface area contributed by atoms with Gasteiger partial charge in [0.15, 0.2) is 0 Å². The number of allylic oxidation sites excluding steroid dienone is 3. The van der Waals surface area contributed by atoms with E-state index in [0.717, 1.165) is 0 Å². The van der Waals surface area contributed by atoms with Gasteiger partial charge in [-0.2, -0.15) is 8.42 Å². The van der Waals surface area contributed by atoms with Crippen LogP contribution in [0.2, 0.25) is 0 Å². The molecule has 0 radical (unpaired) electrons. The normalized spacial score (nSPS) is 9.62. The quantitative estimate of drug-likeness (QED) is 0.388. The summed E-state index contributed by atoms with van der Waals surface area (Å²) in [5.41, 5.74) is 0.536. The highest BCUT2D eigenvalue weighted by Crippen LogP contribution is 2.15. The van der Waals surface area contributed by atoms with Crippen molar-refractivity contribution in [1.29, 1.82) is 0 Å². The summed E-state index contributed by atoms with van der Waals surface area (Å²) in [4.78, 5) is 11.4. The Morgan fingerprint density at radius 2 is 1.88 bits per heavy atom. The van der Waals surface area contributed by atoms with E-state index in [4.69, 9.17) is 5.11 Å². The van der Waals surface area contributed by atoms with Crippen molar-refractivity contribution in [3.05, 3.63) is 36.5 Å². The van der Waals surface area contributed by atoms with Crippen LogP contribution in [0.3, 0.4) is 0 Å². The molecule has 0 aliphatic rings. The lowest BCUT2D eigenvalue weighted by Gasteiger charge is -2.06. The van der Waals surface area contributed by atoms with Gasteiger partial charge in [0, 0.05) is 12.2 Å². The minimum absolute atomic E-state index is 0.109. The Balaban J connectivity index is 5.06. The zero-order chi connectivity index (χ0) is 12.6. The van der Waals surface area contributed by atoms with Crippen LogP contribution in [-0.4, -0.2) is 26.1 Å². The van der Waals surface area contributed by atoms with Crippen LogP contribution in [-0.2, 0) is 20.0 Å². The standard InChI is InChI=1S/C10H14O5S/c1-3-8(4-2)9(6-5-7-11)10(12)15-16(13)14/h3-4,11,16H,1-2,5-7H2. The summed E-state index contributed by atoms with van der Waals surface area (Å²) >= 11 is 0. The van der Waals surface area contributed by atoms with Crippen LogP contribution in [0.15, 0.2) is 36.5 Å². The third-order valence-corrected chi connectivity index (χ3v) is 2.09. The van der Waals surface area contributed by atoms with E-state index in [-0.39, 0.29) is 18.6 Å². The fraction of sp³-hybridized carbons (Fsp3) is 0.300. The molecular formula is C10H14O5S. The molecule has 0 bridgehead atoms. The van der Waals surface area contributed by atoms with E-state index in [9.17, 15) is 13.2 Å². The summed E-state index contributed by atoms with van der Waals surface area (Å²) in [5.74, 6) is -0.959. The van der Waals surface area contributed by atoms with Crippen molar-refractivity contribution in [2.45, 2.75) is 12.8 Å². The van der Waals surface area contributed by atoms with Crippen LogP contribution in [0.4, 0.5) is 0 Å². The zero-order valence-corrected chi connectivity index (χ0v) is 9.61. The van der Waals surface area contributed by atoms with E-state index in [1.54, 1.807) is 0 Å². The molecule has 0 heterocycles. The summed E-state index contributed by atoms with van der Waals surface area (Å²) < 4.78 is 24.6. The van der Waals surface area contributed by atoms with Gasteiger partial charge >= 0.3 is 17.0 Å². The van der Waals surface area contributed by atoms with E-state index in [2.05, 4.69) is 17.3 Å². The Hall–Kier alpha value is -1.40. The highest BCUT2D eigenvalue weighted by atomic mass is 32.2. The minimum atomic E-state index is -3.24. The summed E-state index contributed by atoms with van der Waals surface area (Å²) in [7, 11) is -3.24. The first-order valence-corrected chi connectivity index (χ1v) is 5.62. The van der Waals surface area contributed by atoms with Gasteiger partial charge in [0.1, 0.15) is 0 Å².